The van der Waals surface area contributed by atoms with Crippen molar-refractivity contribution in [3.63, 3.8) is 0 Å². The molecule has 2 aromatic carbocycles. The largest absolute Gasteiger partial charge is 0.504 e. The highest BCUT2D eigenvalue weighted by Crippen LogP contribution is 2.36. The standard InChI is InChI=1S/C14H13ClO3/c1-17-13-6-3-9(7-12(13)16)11-5-4-10(15)8-14(11)18-2/h3-8,16H,1-2H3. The van der Waals surface area contributed by atoms with E-state index in [2.05, 4.69) is 0 Å². The summed E-state index contributed by atoms with van der Waals surface area (Å²) < 4.78 is 10.3. The Balaban J connectivity index is 2.51. The van der Waals surface area contributed by atoms with Gasteiger partial charge in [-0.2, -0.15) is 0 Å². The van der Waals surface area contributed by atoms with Gasteiger partial charge in [0.25, 0.3) is 0 Å². The molecular weight excluding hydrogens is 252 g/mol. The molecule has 94 valence electrons. The van der Waals surface area contributed by atoms with Gasteiger partial charge < -0.3 is 14.6 Å². The number of hydrogen-bond acceptors (Lipinski definition) is 3. The second kappa shape index (κ2) is 5.19. The Labute approximate surface area is 111 Å². The number of aromatic hydroxyl groups is 1. The summed E-state index contributed by atoms with van der Waals surface area (Å²) in [5.41, 5.74) is 1.70. The van der Waals surface area contributed by atoms with Crippen molar-refractivity contribution in [2.75, 3.05) is 14.2 Å². The van der Waals surface area contributed by atoms with Crippen LogP contribution < -0.4 is 9.47 Å². The van der Waals surface area contributed by atoms with Crippen LogP contribution in [0, 0.1) is 0 Å². The van der Waals surface area contributed by atoms with Crippen molar-refractivity contribution < 1.29 is 14.6 Å². The van der Waals surface area contributed by atoms with Gasteiger partial charge in [0.1, 0.15) is 5.75 Å². The van der Waals surface area contributed by atoms with Gasteiger partial charge in [0, 0.05) is 10.6 Å². The SMILES string of the molecule is COc1ccc(-c2ccc(Cl)cc2OC)cc1O. The molecule has 0 aliphatic carbocycles. The summed E-state index contributed by atoms with van der Waals surface area (Å²) in [6.45, 7) is 0. The van der Waals surface area contributed by atoms with Gasteiger partial charge in [-0.3, -0.25) is 0 Å². The highest BCUT2D eigenvalue weighted by molar-refractivity contribution is 6.30. The molecule has 18 heavy (non-hydrogen) atoms. The molecule has 0 amide bonds. The molecule has 2 rings (SSSR count). The Morgan fingerprint density at radius 2 is 1.67 bits per heavy atom. The van der Waals surface area contributed by atoms with E-state index in [0.717, 1.165) is 11.1 Å². The van der Waals surface area contributed by atoms with Crippen molar-refractivity contribution in [2.24, 2.45) is 0 Å². The fourth-order valence-corrected chi connectivity index (χ4v) is 1.92. The monoisotopic (exact) mass is 264 g/mol. The van der Waals surface area contributed by atoms with Gasteiger partial charge in [0.15, 0.2) is 11.5 Å². The topological polar surface area (TPSA) is 38.7 Å². The summed E-state index contributed by atoms with van der Waals surface area (Å²) >= 11 is 5.91. The molecule has 0 unspecified atom stereocenters. The molecule has 0 aliphatic heterocycles. The number of phenols is 1. The van der Waals surface area contributed by atoms with E-state index >= 15 is 0 Å². The van der Waals surface area contributed by atoms with Crippen LogP contribution in [-0.4, -0.2) is 19.3 Å². The Bertz CT molecular complexity index is 567. The second-order valence-corrected chi connectivity index (χ2v) is 4.17. The van der Waals surface area contributed by atoms with Crippen LogP contribution in [0.4, 0.5) is 0 Å². The molecule has 0 aromatic heterocycles. The van der Waals surface area contributed by atoms with Crippen molar-refractivity contribution in [3.05, 3.63) is 41.4 Å². The van der Waals surface area contributed by atoms with Gasteiger partial charge in [-0.15, -0.1) is 0 Å². The van der Waals surface area contributed by atoms with Gasteiger partial charge in [0.05, 0.1) is 14.2 Å². The van der Waals surface area contributed by atoms with E-state index in [1.807, 2.05) is 12.1 Å². The first-order chi connectivity index (χ1) is 8.65. The number of hydrogen-bond donors (Lipinski definition) is 1. The maximum Gasteiger partial charge on any atom is 0.160 e. The lowest BCUT2D eigenvalue weighted by molar-refractivity contribution is 0.373. The number of halogens is 1. The van der Waals surface area contributed by atoms with Crippen LogP contribution in [0.2, 0.25) is 5.02 Å². The quantitative estimate of drug-likeness (QED) is 0.918. The first-order valence-electron chi connectivity index (χ1n) is 5.36. The third kappa shape index (κ3) is 2.36. The summed E-state index contributed by atoms with van der Waals surface area (Å²) in [6.07, 6.45) is 0. The predicted octanol–water partition coefficient (Wildman–Crippen LogP) is 3.73. The second-order valence-electron chi connectivity index (χ2n) is 3.73. The molecule has 0 saturated carbocycles. The summed E-state index contributed by atoms with van der Waals surface area (Å²) in [5, 5.41) is 10.4. The molecule has 3 nitrogen and oxygen atoms in total. The summed E-state index contributed by atoms with van der Waals surface area (Å²) in [4.78, 5) is 0. The van der Waals surface area contributed by atoms with Crippen LogP contribution in [0.3, 0.4) is 0 Å². The van der Waals surface area contributed by atoms with Gasteiger partial charge in [-0.05, 0) is 35.9 Å². The molecule has 0 atom stereocenters. The van der Waals surface area contributed by atoms with Crippen LogP contribution in [-0.2, 0) is 0 Å². The van der Waals surface area contributed by atoms with E-state index in [4.69, 9.17) is 21.1 Å². The molecule has 0 spiro atoms. The van der Waals surface area contributed by atoms with Crippen molar-refractivity contribution in [1.82, 2.24) is 0 Å². The molecule has 4 heteroatoms. The maximum atomic E-state index is 9.78. The molecule has 0 heterocycles. The van der Waals surface area contributed by atoms with Crippen LogP contribution in [0.25, 0.3) is 11.1 Å². The van der Waals surface area contributed by atoms with Crippen LogP contribution in [0.5, 0.6) is 17.2 Å². The van der Waals surface area contributed by atoms with Gasteiger partial charge in [-0.25, -0.2) is 0 Å². The lowest BCUT2D eigenvalue weighted by Gasteiger charge is -2.10. The summed E-state index contributed by atoms with van der Waals surface area (Å²) in [5.74, 6) is 1.19. The first kappa shape index (κ1) is 12.6. The Morgan fingerprint density at radius 3 is 2.28 bits per heavy atom. The van der Waals surface area contributed by atoms with E-state index in [0.29, 0.717) is 16.5 Å². The molecule has 0 aliphatic rings. The maximum absolute atomic E-state index is 9.78. The van der Waals surface area contributed by atoms with Gasteiger partial charge >= 0.3 is 0 Å². The van der Waals surface area contributed by atoms with Crippen LogP contribution in [0.1, 0.15) is 0 Å². The van der Waals surface area contributed by atoms with Crippen molar-refractivity contribution in [3.8, 4) is 28.4 Å². The predicted molar refractivity (Wildman–Crippen MR) is 71.7 cm³/mol. The zero-order valence-electron chi connectivity index (χ0n) is 10.1. The van der Waals surface area contributed by atoms with Crippen LogP contribution >= 0.6 is 11.6 Å². The molecule has 0 bridgehead atoms. The Hall–Kier alpha value is -1.87. The molecule has 2 aromatic rings. The van der Waals surface area contributed by atoms with E-state index < -0.39 is 0 Å². The molecular formula is C14H13ClO3. The molecule has 1 N–H and O–H groups in total. The number of phenolic OH excluding ortho intramolecular Hbond substituents is 1. The lowest BCUT2D eigenvalue weighted by atomic mass is 10.0. The normalized spacial score (nSPS) is 10.2. The number of methoxy groups -OCH3 is 2. The average molecular weight is 265 g/mol. The van der Waals surface area contributed by atoms with Crippen molar-refractivity contribution in [2.45, 2.75) is 0 Å². The first-order valence-corrected chi connectivity index (χ1v) is 5.74. The molecule has 0 fully saturated rings. The Morgan fingerprint density at radius 1 is 0.944 bits per heavy atom. The zero-order chi connectivity index (χ0) is 13.1. The Kier molecular flexibility index (Phi) is 3.63. The van der Waals surface area contributed by atoms with Crippen LogP contribution in [0.15, 0.2) is 36.4 Å². The van der Waals surface area contributed by atoms with Crippen molar-refractivity contribution in [1.29, 1.82) is 0 Å². The van der Waals surface area contributed by atoms with E-state index in [1.54, 1.807) is 31.4 Å². The number of ether oxygens (including phenoxy) is 2. The molecule has 0 radical (unpaired) electrons. The zero-order valence-corrected chi connectivity index (χ0v) is 10.9. The number of rotatable bonds is 3. The number of benzene rings is 2. The van der Waals surface area contributed by atoms with Crippen molar-refractivity contribution >= 4 is 11.6 Å². The van der Waals surface area contributed by atoms with Gasteiger partial charge in [0.2, 0.25) is 0 Å². The van der Waals surface area contributed by atoms with E-state index in [-0.39, 0.29) is 5.75 Å². The third-order valence-electron chi connectivity index (χ3n) is 2.65. The van der Waals surface area contributed by atoms with E-state index in [9.17, 15) is 5.11 Å². The fraction of sp³-hybridized carbons (Fsp3) is 0.143. The minimum atomic E-state index is 0.0898. The summed E-state index contributed by atoms with van der Waals surface area (Å²) in [6, 6.07) is 10.6. The third-order valence-corrected chi connectivity index (χ3v) is 2.89. The summed E-state index contributed by atoms with van der Waals surface area (Å²) in [7, 11) is 3.09. The minimum absolute atomic E-state index is 0.0898. The molecule has 0 saturated heterocycles. The highest BCUT2D eigenvalue weighted by Gasteiger charge is 2.09. The fourth-order valence-electron chi connectivity index (χ4n) is 1.76. The lowest BCUT2D eigenvalue weighted by Crippen LogP contribution is -1.89. The smallest absolute Gasteiger partial charge is 0.160 e. The average Bonchev–Trinajstić information content (AvgIpc) is 2.38. The van der Waals surface area contributed by atoms with Gasteiger partial charge in [-0.1, -0.05) is 17.7 Å². The minimum Gasteiger partial charge on any atom is -0.504 e. The van der Waals surface area contributed by atoms with E-state index in [1.165, 1.54) is 7.11 Å². The highest BCUT2D eigenvalue weighted by atomic mass is 35.5.